The maximum atomic E-state index is 12.1. The number of rotatable bonds is 2. The van der Waals surface area contributed by atoms with E-state index in [1.807, 2.05) is 22.7 Å². The number of halogens is 3. The molecule has 0 bridgehead atoms. The predicted molar refractivity (Wildman–Crippen MR) is 67.3 cm³/mol. The number of hydrogen-bond acceptors (Lipinski definition) is 2. The molecular weight excluding hydrogens is 269 g/mol. The molecule has 3 rings (SSSR count). The van der Waals surface area contributed by atoms with Gasteiger partial charge in [-0.2, -0.15) is 0 Å². The van der Waals surface area contributed by atoms with Crippen molar-refractivity contribution in [1.29, 1.82) is 0 Å². The number of aromatic nitrogens is 2. The Kier molecular flexibility index (Phi) is 2.85. The molecule has 0 aliphatic heterocycles. The van der Waals surface area contributed by atoms with Crippen molar-refractivity contribution in [3.05, 3.63) is 55.1 Å². The lowest BCUT2D eigenvalue weighted by molar-refractivity contribution is -0.274. The molecule has 0 saturated carbocycles. The van der Waals surface area contributed by atoms with Crippen molar-refractivity contribution >= 4 is 5.52 Å². The summed E-state index contributed by atoms with van der Waals surface area (Å²) in [7, 11) is 0. The van der Waals surface area contributed by atoms with E-state index in [-0.39, 0.29) is 5.75 Å². The van der Waals surface area contributed by atoms with Crippen molar-refractivity contribution < 1.29 is 17.9 Å². The first kappa shape index (κ1) is 12.5. The molecule has 0 fully saturated rings. The van der Waals surface area contributed by atoms with E-state index in [1.165, 1.54) is 12.1 Å². The molecule has 3 aromatic rings. The smallest absolute Gasteiger partial charge is 0.406 e. The number of nitrogens with zero attached hydrogens (tertiary/aromatic N) is 2. The van der Waals surface area contributed by atoms with Crippen molar-refractivity contribution in [2.24, 2.45) is 0 Å². The molecule has 0 saturated heterocycles. The number of alkyl halides is 3. The van der Waals surface area contributed by atoms with E-state index in [0.29, 0.717) is 0 Å². The van der Waals surface area contributed by atoms with Gasteiger partial charge in [0.15, 0.2) is 0 Å². The largest absolute Gasteiger partial charge is 0.573 e. The zero-order valence-electron chi connectivity index (χ0n) is 10.1. The average molecular weight is 278 g/mol. The number of ether oxygens (including phenoxy) is 1. The highest BCUT2D eigenvalue weighted by atomic mass is 19.4. The SMILES string of the molecule is FC(F)(F)Oc1ccc(-c2ccn3cncc3c2)cc1. The van der Waals surface area contributed by atoms with Crippen LogP contribution in [0.5, 0.6) is 5.75 Å². The van der Waals surface area contributed by atoms with Crippen molar-refractivity contribution in [3.63, 3.8) is 0 Å². The third-order valence-electron chi connectivity index (χ3n) is 2.84. The van der Waals surface area contributed by atoms with Crippen LogP contribution in [0.25, 0.3) is 16.6 Å². The van der Waals surface area contributed by atoms with Crippen molar-refractivity contribution in [2.75, 3.05) is 0 Å². The predicted octanol–water partition coefficient (Wildman–Crippen LogP) is 3.90. The monoisotopic (exact) mass is 278 g/mol. The number of benzene rings is 1. The van der Waals surface area contributed by atoms with Crippen molar-refractivity contribution in [3.8, 4) is 16.9 Å². The standard InChI is InChI=1S/C14H9F3N2O/c15-14(16,17)20-13-3-1-10(2-4-13)11-5-6-19-9-18-8-12(19)7-11/h1-9H. The number of pyridine rings is 1. The molecule has 0 N–H and O–H groups in total. The lowest BCUT2D eigenvalue weighted by Gasteiger charge is -2.09. The Morgan fingerprint density at radius 1 is 1.00 bits per heavy atom. The van der Waals surface area contributed by atoms with E-state index in [2.05, 4.69) is 9.72 Å². The average Bonchev–Trinajstić information content (AvgIpc) is 2.85. The van der Waals surface area contributed by atoms with Crippen LogP contribution in [-0.4, -0.2) is 15.7 Å². The summed E-state index contributed by atoms with van der Waals surface area (Å²) < 4.78 is 41.9. The van der Waals surface area contributed by atoms with Gasteiger partial charge in [0.1, 0.15) is 5.75 Å². The van der Waals surface area contributed by atoms with Gasteiger partial charge in [0.05, 0.1) is 18.0 Å². The molecule has 0 aliphatic carbocycles. The number of imidazole rings is 1. The van der Waals surface area contributed by atoms with Crippen LogP contribution in [0.1, 0.15) is 0 Å². The fraction of sp³-hybridized carbons (Fsp3) is 0.0714. The van der Waals surface area contributed by atoms with Gasteiger partial charge in [-0.05, 0) is 35.4 Å². The van der Waals surface area contributed by atoms with Crippen LogP contribution in [-0.2, 0) is 0 Å². The Balaban J connectivity index is 1.90. The molecule has 0 spiro atoms. The third kappa shape index (κ3) is 2.59. The molecule has 102 valence electrons. The summed E-state index contributed by atoms with van der Waals surface area (Å²) in [6.07, 6.45) is 0.569. The quantitative estimate of drug-likeness (QED) is 0.710. The summed E-state index contributed by atoms with van der Waals surface area (Å²) in [5.41, 5.74) is 2.62. The minimum Gasteiger partial charge on any atom is -0.406 e. The van der Waals surface area contributed by atoms with E-state index in [4.69, 9.17) is 0 Å². The summed E-state index contributed by atoms with van der Waals surface area (Å²) >= 11 is 0. The minimum absolute atomic E-state index is 0.230. The molecule has 2 heterocycles. The first-order chi connectivity index (χ1) is 9.51. The molecule has 0 atom stereocenters. The lowest BCUT2D eigenvalue weighted by Crippen LogP contribution is -2.16. The first-order valence-corrected chi connectivity index (χ1v) is 5.79. The van der Waals surface area contributed by atoms with E-state index in [0.717, 1.165) is 16.6 Å². The van der Waals surface area contributed by atoms with Gasteiger partial charge in [-0.15, -0.1) is 13.2 Å². The Bertz CT molecular complexity index is 732. The minimum atomic E-state index is -4.67. The highest BCUT2D eigenvalue weighted by Gasteiger charge is 2.30. The van der Waals surface area contributed by atoms with E-state index in [9.17, 15) is 13.2 Å². The van der Waals surface area contributed by atoms with Gasteiger partial charge in [0.25, 0.3) is 0 Å². The molecule has 1 aromatic carbocycles. The molecule has 0 aliphatic rings. The third-order valence-corrected chi connectivity index (χ3v) is 2.84. The first-order valence-electron chi connectivity index (χ1n) is 5.79. The van der Waals surface area contributed by atoms with Crippen LogP contribution in [0.2, 0.25) is 0 Å². The van der Waals surface area contributed by atoms with Gasteiger partial charge in [-0.3, -0.25) is 0 Å². The summed E-state index contributed by atoms with van der Waals surface area (Å²) in [6, 6.07) is 9.54. The second-order valence-corrected chi connectivity index (χ2v) is 4.21. The molecular formula is C14H9F3N2O. The lowest BCUT2D eigenvalue weighted by atomic mass is 10.1. The van der Waals surface area contributed by atoms with E-state index in [1.54, 1.807) is 24.7 Å². The topological polar surface area (TPSA) is 26.5 Å². The molecule has 0 radical (unpaired) electrons. The van der Waals surface area contributed by atoms with Gasteiger partial charge < -0.3 is 9.14 Å². The second-order valence-electron chi connectivity index (χ2n) is 4.21. The van der Waals surface area contributed by atoms with Gasteiger partial charge >= 0.3 is 6.36 Å². The summed E-state index contributed by atoms with van der Waals surface area (Å²) in [5.74, 6) is -0.230. The molecule has 2 aromatic heterocycles. The molecule has 0 unspecified atom stereocenters. The highest BCUT2D eigenvalue weighted by Crippen LogP contribution is 2.26. The van der Waals surface area contributed by atoms with Gasteiger partial charge in [0.2, 0.25) is 0 Å². The molecule has 20 heavy (non-hydrogen) atoms. The van der Waals surface area contributed by atoms with Crippen LogP contribution in [0, 0.1) is 0 Å². The Morgan fingerprint density at radius 2 is 1.75 bits per heavy atom. The highest BCUT2D eigenvalue weighted by molar-refractivity contribution is 5.68. The van der Waals surface area contributed by atoms with Crippen LogP contribution < -0.4 is 4.74 Å². The fourth-order valence-corrected chi connectivity index (χ4v) is 1.95. The van der Waals surface area contributed by atoms with Crippen LogP contribution in [0.4, 0.5) is 13.2 Å². The Hall–Kier alpha value is -2.50. The van der Waals surface area contributed by atoms with E-state index >= 15 is 0 Å². The molecule has 3 nitrogen and oxygen atoms in total. The summed E-state index contributed by atoms with van der Waals surface area (Å²) in [4.78, 5) is 4.01. The maximum Gasteiger partial charge on any atom is 0.573 e. The fourth-order valence-electron chi connectivity index (χ4n) is 1.95. The van der Waals surface area contributed by atoms with Crippen LogP contribution in [0.15, 0.2) is 55.1 Å². The number of fused-ring (bicyclic) bond motifs is 1. The number of hydrogen-bond donors (Lipinski definition) is 0. The zero-order chi connectivity index (χ0) is 14.2. The zero-order valence-corrected chi connectivity index (χ0v) is 10.1. The van der Waals surface area contributed by atoms with Gasteiger partial charge in [-0.25, -0.2) is 4.98 Å². The van der Waals surface area contributed by atoms with Gasteiger partial charge in [-0.1, -0.05) is 12.1 Å². The van der Waals surface area contributed by atoms with E-state index < -0.39 is 6.36 Å². The van der Waals surface area contributed by atoms with Crippen LogP contribution >= 0.6 is 0 Å². The van der Waals surface area contributed by atoms with Crippen molar-refractivity contribution in [2.45, 2.75) is 6.36 Å². The van der Waals surface area contributed by atoms with Crippen LogP contribution in [0.3, 0.4) is 0 Å². The Labute approximate surface area is 112 Å². The molecule has 6 heteroatoms. The normalized spacial score (nSPS) is 11.8. The van der Waals surface area contributed by atoms with Crippen molar-refractivity contribution in [1.82, 2.24) is 9.38 Å². The maximum absolute atomic E-state index is 12.1. The Morgan fingerprint density at radius 3 is 2.45 bits per heavy atom. The summed E-state index contributed by atoms with van der Waals surface area (Å²) in [6.45, 7) is 0. The summed E-state index contributed by atoms with van der Waals surface area (Å²) in [5, 5.41) is 0. The molecule has 0 amide bonds. The van der Waals surface area contributed by atoms with Gasteiger partial charge in [0, 0.05) is 6.20 Å². The second kappa shape index (κ2) is 4.56.